The molecule has 0 bridgehead atoms. The van der Waals surface area contributed by atoms with Crippen LogP contribution in [0.25, 0.3) is 10.2 Å². The van der Waals surface area contributed by atoms with Gasteiger partial charge in [-0.3, -0.25) is 9.59 Å². The van der Waals surface area contributed by atoms with E-state index in [2.05, 4.69) is 11.4 Å². The number of rotatable bonds is 4. The summed E-state index contributed by atoms with van der Waals surface area (Å²) in [6.45, 7) is 1.95. The third kappa shape index (κ3) is 3.72. The smallest absolute Gasteiger partial charge is 0.307 e. The van der Waals surface area contributed by atoms with Gasteiger partial charge in [0.25, 0.3) is 5.91 Å². The quantitative estimate of drug-likeness (QED) is 0.733. The largest absolute Gasteiger partial charge is 0.338 e. The van der Waals surface area contributed by atoms with Crippen LogP contribution in [0, 0.1) is 5.82 Å². The lowest BCUT2D eigenvalue weighted by atomic mass is 10.0. The van der Waals surface area contributed by atoms with Crippen molar-refractivity contribution in [1.82, 2.24) is 14.8 Å². The molecule has 7 heteroatoms. The summed E-state index contributed by atoms with van der Waals surface area (Å²) < 4.78 is 16.5. The predicted octanol–water partition coefficient (Wildman–Crippen LogP) is 3.13. The Morgan fingerprint density at radius 1 is 1.21 bits per heavy atom. The van der Waals surface area contributed by atoms with Crippen LogP contribution in [0.5, 0.6) is 0 Å². The van der Waals surface area contributed by atoms with Crippen molar-refractivity contribution in [2.75, 3.05) is 13.1 Å². The van der Waals surface area contributed by atoms with Crippen molar-refractivity contribution >= 4 is 27.5 Å². The number of nitrogens with one attached hydrogen (secondary N) is 1. The molecule has 1 amide bonds. The van der Waals surface area contributed by atoms with E-state index in [1.165, 1.54) is 23.5 Å². The van der Waals surface area contributed by atoms with E-state index in [-0.39, 0.29) is 16.3 Å². The fourth-order valence-corrected chi connectivity index (χ4v) is 4.59. The molecular formula is C21H22FN3O2S. The van der Waals surface area contributed by atoms with E-state index in [0.29, 0.717) is 19.1 Å². The second kappa shape index (κ2) is 7.85. The Morgan fingerprint density at radius 2 is 1.96 bits per heavy atom. The van der Waals surface area contributed by atoms with Gasteiger partial charge in [-0.05, 0) is 42.7 Å². The molecule has 1 fully saturated rings. The van der Waals surface area contributed by atoms with Crippen molar-refractivity contribution in [2.24, 2.45) is 7.05 Å². The lowest BCUT2D eigenvalue weighted by Crippen LogP contribution is -2.44. The first-order valence-electron chi connectivity index (χ1n) is 9.38. The number of aromatic nitrogens is 1. The molecule has 1 saturated heterocycles. The Bertz CT molecular complexity index is 1070. The maximum Gasteiger partial charge on any atom is 0.307 e. The summed E-state index contributed by atoms with van der Waals surface area (Å²) in [5.41, 5.74) is 2.24. The van der Waals surface area contributed by atoms with Crippen LogP contribution in [-0.2, 0) is 13.6 Å². The van der Waals surface area contributed by atoms with E-state index in [4.69, 9.17) is 0 Å². The van der Waals surface area contributed by atoms with Gasteiger partial charge in [0, 0.05) is 32.7 Å². The first-order chi connectivity index (χ1) is 13.5. The second-order valence-electron chi connectivity index (χ2n) is 7.16. The minimum Gasteiger partial charge on any atom is -0.338 e. The molecule has 4 rings (SSSR count). The fraction of sp³-hybridized carbons (Fsp3) is 0.333. The molecule has 0 unspecified atom stereocenters. The summed E-state index contributed by atoms with van der Waals surface area (Å²) in [6, 6.07) is 12.5. The zero-order valence-electron chi connectivity index (χ0n) is 15.7. The van der Waals surface area contributed by atoms with E-state index < -0.39 is 5.82 Å². The van der Waals surface area contributed by atoms with Crippen LogP contribution in [0.15, 0.2) is 47.3 Å². The molecule has 0 atom stereocenters. The highest BCUT2D eigenvalue weighted by atomic mass is 32.1. The zero-order chi connectivity index (χ0) is 19.7. The van der Waals surface area contributed by atoms with Gasteiger partial charge in [-0.2, -0.15) is 0 Å². The molecule has 28 heavy (non-hydrogen) atoms. The van der Waals surface area contributed by atoms with Crippen LogP contribution >= 0.6 is 11.3 Å². The van der Waals surface area contributed by atoms with Gasteiger partial charge in [0.2, 0.25) is 0 Å². The topological polar surface area (TPSA) is 54.3 Å². The molecular weight excluding hydrogens is 377 g/mol. The fourth-order valence-electron chi connectivity index (χ4n) is 3.64. The number of carbonyl (C=O) groups excluding carboxylic acids is 1. The van der Waals surface area contributed by atoms with Crippen LogP contribution in [0.1, 0.15) is 28.8 Å². The third-order valence-electron chi connectivity index (χ3n) is 5.34. The van der Waals surface area contributed by atoms with E-state index in [9.17, 15) is 14.0 Å². The molecule has 0 aliphatic carbocycles. The highest BCUT2D eigenvalue weighted by molar-refractivity contribution is 7.16. The normalized spacial score (nSPS) is 15.3. The Kier molecular flexibility index (Phi) is 5.28. The lowest BCUT2D eigenvalue weighted by molar-refractivity contribution is 0.0700. The van der Waals surface area contributed by atoms with Crippen molar-refractivity contribution in [3.63, 3.8) is 0 Å². The monoisotopic (exact) mass is 399 g/mol. The standard InChI is InChI=1S/C21H22FN3O2S/c1-24-18-7-6-14(12-19(18)28-21(24)27)13-23-15-8-10-25(11-9-15)20(26)16-4-2-3-5-17(16)22/h2-7,12,15,23H,8-11,13H2,1H3. The maximum absolute atomic E-state index is 13.8. The zero-order valence-corrected chi connectivity index (χ0v) is 16.5. The molecule has 1 aliphatic heterocycles. The minimum atomic E-state index is -0.466. The maximum atomic E-state index is 13.8. The number of fused-ring (bicyclic) bond motifs is 1. The Balaban J connectivity index is 1.33. The molecule has 2 heterocycles. The van der Waals surface area contributed by atoms with E-state index in [1.807, 2.05) is 12.1 Å². The van der Waals surface area contributed by atoms with Crippen LogP contribution in [0.3, 0.4) is 0 Å². The number of thiazole rings is 1. The number of aryl methyl sites for hydroxylation is 1. The van der Waals surface area contributed by atoms with Crippen LogP contribution in [0.4, 0.5) is 4.39 Å². The number of nitrogens with zero attached hydrogens (tertiary/aromatic N) is 2. The second-order valence-corrected chi connectivity index (χ2v) is 8.15. The molecule has 2 aromatic carbocycles. The summed E-state index contributed by atoms with van der Waals surface area (Å²) >= 11 is 1.26. The van der Waals surface area contributed by atoms with Gasteiger partial charge in [-0.1, -0.05) is 29.5 Å². The van der Waals surface area contributed by atoms with Crippen LogP contribution < -0.4 is 10.2 Å². The molecule has 1 N–H and O–H groups in total. The Morgan fingerprint density at radius 3 is 2.71 bits per heavy atom. The number of hydrogen-bond acceptors (Lipinski definition) is 4. The molecule has 146 valence electrons. The Hall–Kier alpha value is -2.51. The lowest BCUT2D eigenvalue weighted by Gasteiger charge is -2.32. The number of halogens is 1. The van der Waals surface area contributed by atoms with Crippen molar-refractivity contribution < 1.29 is 9.18 Å². The van der Waals surface area contributed by atoms with Gasteiger partial charge in [0.15, 0.2) is 0 Å². The number of benzene rings is 2. The number of hydrogen-bond donors (Lipinski definition) is 1. The molecule has 0 radical (unpaired) electrons. The van der Waals surface area contributed by atoms with Gasteiger partial charge in [0.1, 0.15) is 5.82 Å². The molecule has 1 aromatic heterocycles. The molecule has 1 aliphatic rings. The molecule has 0 saturated carbocycles. The number of amides is 1. The van der Waals surface area contributed by atoms with Crippen LogP contribution in [0.2, 0.25) is 0 Å². The average Bonchev–Trinajstić information content (AvgIpc) is 3.00. The van der Waals surface area contributed by atoms with Crippen molar-refractivity contribution in [3.05, 3.63) is 69.1 Å². The van der Waals surface area contributed by atoms with E-state index >= 15 is 0 Å². The van der Waals surface area contributed by atoms with Gasteiger partial charge < -0.3 is 14.8 Å². The molecule has 5 nitrogen and oxygen atoms in total. The third-order valence-corrected chi connectivity index (χ3v) is 6.33. The summed E-state index contributed by atoms with van der Waals surface area (Å²) in [5, 5.41) is 3.54. The highest BCUT2D eigenvalue weighted by Crippen LogP contribution is 2.20. The summed E-state index contributed by atoms with van der Waals surface area (Å²) in [5.74, 6) is -0.702. The number of piperidine rings is 1. The van der Waals surface area contributed by atoms with Crippen molar-refractivity contribution in [3.8, 4) is 0 Å². The predicted molar refractivity (Wildman–Crippen MR) is 109 cm³/mol. The summed E-state index contributed by atoms with van der Waals surface area (Å²) in [7, 11) is 1.79. The Labute approximate surface area is 166 Å². The summed E-state index contributed by atoms with van der Waals surface area (Å²) in [4.78, 5) is 26.0. The SMILES string of the molecule is Cn1c(=O)sc2cc(CNC3CCN(C(=O)c4ccccc4F)CC3)ccc21. The summed E-state index contributed by atoms with van der Waals surface area (Å²) in [6.07, 6.45) is 1.67. The van der Waals surface area contributed by atoms with Gasteiger partial charge in [-0.15, -0.1) is 0 Å². The van der Waals surface area contributed by atoms with Crippen molar-refractivity contribution in [2.45, 2.75) is 25.4 Å². The first kappa shape index (κ1) is 18.8. The first-order valence-corrected chi connectivity index (χ1v) is 10.2. The number of carbonyl (C=O) groups is 1. The van der Waals surface area contributed by atoms with E-state index in [1.54, 1.807) is 28.6 Å². The van der Waals surface area contributed by atoms with Gasteiger partial charge in [-0.25, -0.2) is 4.39 Å². The van der Waals surface area contributed by atoms with E-state index in [0.717, 1.165) is 35.2 Å². The number of likely N-dealkylation sites (tertiary alicyclic amines) is 1. The van der Waals surface area contributed by atoms with Gasteiger partial charge in [0.05, 0.1) is 15.8 Å². The highest BCUT2D eigenvalue weighted by Gasteiger charge is 2.24. The minimum absolute atomic E-state index is 0.0481. The average molecular weight is 399 g/mol. The molecule has 0 spiro atoms. The van der Waals surface area contributed by atoms with Crippen molar-refractivity contribution in [1.29, 1.82) is 0 Å². The molecule has 3 aromatic rings. The van der Waals surface area contributed by atoms with Gasteiger partial charge >= 0.3 is 4.87 Å². The van der Waals surface area contributed by atoms with Crippen LogP contribution in [-0.4, -0.2) is 34.5 Å².